The fourth-order valence-corrected chi connectivity index (χ4v) is 3.17. The van der Waals surface area contributed by atoms with Gasteiger partial charge in [-0.3, -0.25) is 19.2 Å². The number of aliphatic hydroxyl groups excluding tert-OH is 1. The van der Waals surface area contributed by atoms with Crippen LogP contribution in [0.2, 0.25) is 0 Å². The quantitative estimate of drug-likeness (QED) is 0.270. The van der Waals surface area contributed by atoms with Crippen LogP contribution in [0.15, 0.2) is 30.3 Å². The maximum Gasteiger partial charge on any atom is 0.322 e. The average molecular weight is 420 g/mol. The van der Waals surface area contributed by atoms with Gasteiger partial charge < -0.3 is 31.5 Å². The van der Waals surface area contributed by atoms with Gasteiger partial charge in [0.15, 0.2) is 0 Å². The Morgan fingerprint density at radius 3 is 2.40 bits per heavy atom. The molecule has 3 amide bonds. The van der Waals surface area contributed by atoms with Gasteiger partial charge in [0.25, 0.3) is 0 Å². The molecular weight excluding hydrogens is 392 g/mol. The molecule has 1 aromatic rings. The van der Waals surface area contributed by atoms with Gasteiger partial charge in [-0.2, -0.15) is 0 Å². The van der Waals surface area contributed by atoms with Gasteiger partial charge >= 0.3 is 5.97 Å². The van der Waals surface area contributed by atoms with E-state index in [0.717, 1.165) is 18.5 Å². The van der Waals surface area contributed by atoms with E-state index in [1.807, 2.05) is 30.3 Å². The summed E-state index contributed by atoms with van der Waals surface area (Å²) < 4.78 is 0. The van der Waals surface area contributed by atoms with Crippen molar-refractivity contribution in [3.63, 3.8) is 0 Å². The topological polar surface area (TPSA) is 157 Å². The number of carbonyl (C=O) groups is 4. The number of aliphatic hydroxyl groups is 1. The second kappa shape index (κ2) is 11.3. The summed E-state index contributed by atoms with van der Waals surface area (Å²) >= 11 is 0. The van der Waals surface area contributed by atoms with E-state index in [9.17, 15) is 24.3 Å². The number of rotatable bonds is 10. The molecule has 1 aliphatic rings. The summed E-state index contributed by atoms with van der Waals surface area (Å²) in [6.45, 7) is 1.38. The van der Waals surface area contributed by atoms with E-state index in [2.05, 4.69) is 21.3 Å². The lowest BCUT2D eigenvalue weighted by Crippen LogP contribution is -2.59. The molecule has 2 rings (SSSR count). The van der Waals surface area contributed by atoms with Gasteiger partial charge in [-0.05, 0) is 31.9 Å². The number of hydrogen-bond donors (Lipinski definition) is 6. The van der Waals surface area contributed by atoms with Gasteiger partial charge in [-0.1, -0.05) is 30.3 Å². The third kappa shape index (κ3) is 7.12. The molecule has 1 fully saturated rings. The van der Waals surface area contributed by atoms with Gasteiger partial charge in [-0.25, -0.2) is 0 Å². The Labute approximate surface area is 174 Å². The first kappa shape index (κ1) is 23.3. The van der Waals surface area contributed by atoms with Crippen LogP contribution in [0.5, 0.6) is 0 Å². The molecule has 0 saturated carbocycles. The second-order valence-electron chi connectivity index (χ2n) is 7.24. The average Bonchev–Trinajstić information content (AvgIpc) is 3.25. The molecule has 1 heterocycles. The van der Waals surface area contributed by atoms with Gasteiger partial charge in [0, 0.05) is 6.42 Å². The third-order valence-electron chi connectivity index (χ3n) is 4.77. The highest BCUT2D eigenvalue weighted by atomic mass is 16.4. The number of hydrogen-bond acceptors (Lipinski definition) is 6. The van der Waals surface area contributed by atoms with Crippen molar-refractivity contribution in [2.75, 3.05) is 13.1 Å². The first-order valence-corrected chi connectivity index (χ1v) is 9.83. The Morgan fingerprint density at radius 1 is 1.13 bits per heavy atom. The Balaban J connectivity index is 2.11. The fourth-order valence-electron chi connectivity index (χ4n) is 3.17. The van der Waals surface area contributed by atoms with Gasteiger partial charge in [0.05, 0.1) is 12.1 Å². The molecule has 4 atom stereocenters. The molecule has 10 heteroatoms. The lowest BCUT2D eigenvalue weighted by molar-refractivity contribution is -0.139. The Kier molecular flexibility index (Phi) is 8.75. The summed E-state index contributed by atoms with van der Waals surface area (Å²) in [5.74, 6) is -3.05. The van der Waals surface area contributed by atoms with Crippen molar-refractivity contribution < 1.29 is 29.4 Å². The summed E-state index contributed by atoms with van der Waals surface area (Å²) in [5.41, 5.74) is 0.807. The minimum Gasteiger partial charge on any atom is -0.480 e. The van der Waals surface area contributed by atoms with Crippen molar-refractivity contribution in [2.45, 2.75) is 50.4 Å². The predicted molar refractivity (Wildman–Crippen MR) is 107 cm³/mol. The summed E-state index contributed by atoms with van der Waals surface area (Å²) in [7, 11) is 0. The first-order chi connectivity index (χ1) is 14.3. The van der Waals surface area contributed by atoms with Crippen LogP contribution in [0, 0.1) is 0 Å². The monoisotopic (exact) mass is 420 g/mol. The molecule has 6 N–H and O–H groups in total. The number of nitrogens with one attached hydrogen (secondary N) is 4. The third-order valence-corrected chi connectivity index (χ3v) is 4.77. The smallest absolute Gasteiger partial charge is 0.322 e. The Morgan fingerprint density at radius 2 is 1.83 bits per heavy atom. The molecule has 1 saturated heterocycles. The van der Waals surface area contributed by atoms with Crippen LogP contribution in [0.4, 0.5) is 0 Å². The normalized spacial score (nSPS) is 18.7. The molecule has 4 unspecified atom stereocenters. The summed E-state index contributed by atoms with van der Waals surface area (Å²) in [6.07, 6.45) is 0.447. The minimum atomic E-state index is -1.36. The van der Waals surface area contributed by atoms with Crippen molar-refractivity contribution in [1.29, 1.82) is 0 Å². The van der Waals surface area contributed by atoms with E-state index in [-0.39, 0.29) is 18.4 Å². The highest BCUT2D eigenvalue weighted by Gasteiger charge is 2.32. The molecule has 0 radical (unpaired) electrons. The number of benzene rings is 1. The zero-order valence-corrected chi connectivity index (χ0v) is 16.8. The summed E-state index contributed by atoms with van der Waals surface area (Å²) in [4.78, 5) is 48.3. The highest BCUT2D eigenvalue weighted by molar-refractivity contribution is 5.94. The van der Waals surface area contributed by atoms with Crippen LogP contribution in [0.1, 0.15) is 25.3 Å². The fraction of sp³-hybridized carbons (Fsp3) is 0.500. The number of aliphatic carboxylic acids is 1. The highest BCUT2D eigenvalue weighted by Crippen LogP contribution is 2.08. The van der Waals surface area contributed by atoms with Gasteiger partial charge in [-0.15, -0.1) is 0 Å². The van der Waals surface area contributed by atoms with Crippen molar-refractivity contribution in [1.82, 2.24) is 21.3 Å². The Bertz CT molecular complexity index is 749. The largest absolute Gasteiger partial charge is 0.480 e. The molecule has 0 bridgehead atoms. The lowest BCUT2D eigenvalue weighted by Gasteiger charge is -2.25. The van der Waals surface area contributed by atoms with Crippen molar-refractivity contribution in [2.24, 2.45) is 0 Å². The van der Waals surface area contributed by atoms with Crippen LogP contribution >= 0.6 is 0 Å². The zero-order chi connectivity index (χ0) is 22.1. The first-order valence-electron chi connectivity index (χ1n) is 9.83. The SMILES string of the molecule is CC(O)C(NC(=O)C(Cc1ccccc1)NC(=O)C1CCCN1)C(=O)NCC(=O)O. The van der Waals surface area contributed by atoms with Crippen molar-refractivity contribution in [3.05, 3.63) is 35.9 Å². The molecule has 0 aromatic heterocycles. The molecule has 30 heavy (non-hydrogen) atoms. The predicted octanol–water partition coefficient (Wildman–Crippen LogP) is -1.47. The van der Waals surface area contributed by atoms with Crippen molar-refractivity contribution in [3.8, 4) is 0 Å². The van der Waals surface area contributed by atoms with Gasteiger partial charge in [0.2, 0.25) is 17.7 Å². The maximum atomic E-state index is 12.9. The van der Waals surface area contributed by atoms with Crippen LogP contribution in [-0.2, 0) is 25.6 Å². The summed E-state index contributed by atoms with van der Waals surface area (Å²) in [5, 5.41) is 28.9. The molecule has 0 aliphatic carbocycles. The van der Waals surface area contributed by atoms with Crippen LogP contribution in [0.3, 0.4) is 0 Å². The van der Waals surface area contributed by atoms with E-state index in [1.54, 1.807) is 0 Å². The summed E-state index contributed by atoms with van der Waals surface area (Å²) in [6, 6.07) is 6.34. The molecule has 1 aliphatic heterocycles. The molecule has 1 aromatic carbocycles. The van der Waals surface area contributed by atoms with E-state index in [0.29, 0.717) is 6.42 Å². The van der Waals surface area contributed by atoms with Crippen LogP contribution in [0.25, 0.3) is 0 Å². The minimum absolute atomic E-state index is 0.189. The lowest BCUT2D eigenvalue weighted by atomic mass is 10.0. The van der Waals surface area contributed by atoms with Crippen molar-refractivity contribution >= 4 is 23.7 Å². The Hall–Kier alpha value is -2.98. The standard InChI is InChI=1S/C20H28N4O6/c1-12(25)17(20(30)22-11-16(26)27)24-19(29)15(10-13-6-3-2-4-7-13)23-18(28)14-8-5-9-21-14/h2-4,6-7,12,14-15,17,21,25H,5,8-11H2,1H3,(H,22,30)(H,23,28)(H,24,29)(H,26,27). The van der Waals surface area contributed by atoms with Gasteiger partial charge in [0.1, 0.15) is 18.6 Å². The number of amides is 3. The second-order valence-corrected chi connectivity index (χ2v) is 7.24. The number of carboxylic acids is 1. The molecule has 164 valence electrons. The number of carboxylic acid groups (broad SMARTS) is 1. The molecule has 10 nitrogen and oxygen atoms in total. The molecule has 0 spiro atoms. The van der Waals surface area contributed by atoms with E-state index < -0.39 is 42.5 Å². The van der Waals surface area contributed by atoms with E-state index in [4.69, 9.17) is 5.11 Å². The van der Waals surface area contributed by atoms with E-state index >= 15 is 0 Å². The maximum absolute atomic E-state index is 12.9. The molecular formula is C20H28N4O6. The number of carbonyl (C=O) groups excluding carboxylic acids is 3. The van der Waals surface area contributed by atoms with E-state index in [1.165, 1.54) is 6.92 Å². The van der Waals surface area contributed by atoms with Crippen LogP contribution in [-0.4, -0.2) is 71.2 Å². The van der Waals surface area contributed by atoms with Crippen LogP contribution < -0.4 is 21.3 Å². The zero-order valence-electron chi connectivity index (χ0n) is 16.8.